The third-order valence-corrected chi connectivity index (χ3v) is 3.91. The molecule has 0 spiro atoms. The van der Waals surface area contributed by atoms with Gasteiger partial charge >= 0.3 is 0 Å². The van der Waals surface area contributed by atoms with Crippen LogP contribution in [0.2, 0.25) is 0 Å². The number of methoxy groups -OCH3 is 1. The first-order valence-corrected chi connectivity index (χ1v) is 7.08. The fourth-order valence-corrected chi connectivity index (χ4v) is 2.69. The van der Waals surface area contributed by atoms with Crippen LogP contribution in [0.3, 0.4) is 0 Å². The molecule has 106 valence electrons. The summed E-state index contributed by atoms with van der Waals surface area (Å²) in [5.74, 6) is 0.893. The number of hydrogen-bond donors (Lipinski definition) is 1. The molecule has 0 aliphatic carbocycles. The molecule has 21 heavy (non-hydrogen) atoms. The van der Waals surface area contributed by atoms with Gasteiger partial charge in [0.15, 0.2) is 0 Å². The van der Waals surface area contributed by atoms with Crippen molar-refractivity contribution in [2.75, 3.05) is 7.11 Å². The summed E-state index contributed by atoms with van der Waals surface area (Å²) in [5, 5.41) is 2.45. The molecule has 3 aromatic rings. The van der Waals surface area contributed by atoms with Crippen LogP contribution < -0.4 is 10.5 Å². The van der Waals surface area contributed by atoms with E-state index in [2.05, 4.69) is 48.5 Å². The third kappa shape index (κ3) is 2.63. The van der Waals surface area contributed by atoms with E-state index in [9.17, 15) is 0 Å². The number of hydrogen-bond acceptors (Lipinski definition) is 2. The maximum absolute atomic E-state index is 6.43. The maximum atomic E-state index is 6.43. The highest BCUT2D eigenvalue weighted by atomic mass is 16.5. The molecule has 0 saturated carbocycles. The quantitative estimate of drug-likeness (QED) is 0.778. The summed E-state index contributed by atoms with van der Waals surface area (Å²) in [6.45, 7) is 2.04. The van der Waals surface area contributed by atoms with Crippen molar-refractivity contribution in [3.63, 3.8) is 0 Å². The number of fused-ring (bicyclic) bond motifs is 1. The van der Waals surface area contributed by atoms with E-state index in [-0.39, 0.29) is 6.04 Å². The van der Waals surface area contributed by atoms with Crippen LogP contribution in [0.1, 0.15) is 22.7 Å². The average Bonchev–Trinajstić information content (AvgIpc) is 2.53. The first-order chi connectivity index (χ1) is 10.2. The van der Waals surface area contributed by atoms with Crippen molar-refractivity contribution in [3.8, 4) is 5.75 Å². The molecule has 1 unspecified atom stereocenters. The van der Waals surface area contributed by atoms with Crippen molar-refractivity contribution in [2.45, 2.75) is 13.0 Å². The van der Waals surface area contributed by atoms with Gasteiger partial charge in [-0.3, -0.25) is 0 Å². The Balaban J connectivity index is 1.99. The lowest BCUT2D eigenvalue weighted by atomic mass is 9.96. The summed E-state index contributed by atoms with van der Waals surface area (Å²) in [4.78, 5) is 0. The second-order valence-corrected chi connectivity index (χ2v) is 5.31. The van der Waals surface area contributed by atoms with Crippen LogP contribution in [0.25, 0.3) is 10.8 Å². The standard InChI is InChI=1S/C19H19NO/c1-13-11-16(9-10-18(13)21-2)19(20)17-8-7-14-5-3-4-6-15(14)12-17/h3-12,19H,20H2,1-2H3. The minimum absolute atomic E-state index is 0.126. The van der Waals surface area contributed by atoms with E-state index in [1.807, 2.05) is 19.1 Å². The number of benzene rings is 3. The Morgan fingerprint density at radius 1 is 0.857 bits per heavy atom. The molecule has 3 rings (SSSR count). The van der Waals surface area contributed by atoms with E-state index in [0.29, 0.717) is 0 Å². The van der Waals surface area contributed by atoms with Gasteiger partial charge in [0.05, 0.1) is 13.2 Å². The Morgan fingerprint density at radius 3 is 2.24 bits per heavy atom. The molecule has 2 nitrogen and oxygen atoms in total. The van der Waals surface area contributed by atoms with Crippen LogP contribution in [-0.2, 0) is 0 Å². The van der Waals surface area contributed by atoms with Gasteiger partial charge in [-0.2, -0.15) is 0 Å². The van der Waals surface area contributed by atoms with Crippen molar-refractivity contribution in [1.82, 2.24) is 0 Å². The Morgan fingerprint density at radius 2 is 1.52 bits per heavy atom. The monoisotopic (exact) mass is 277 g/mol. The summed E-state index contributed by atoms with van der Waals surface area (Å²) >= 11 is 0. The highest BCUT2D eigenvalue weighted by molar-refractivity contribution is 5.83. The van der Waals surface area contributed by atoms with E-state index in [1.165, 1.54) is 10.8 Å². The third-order valence-electron chi connectivity index (χ3n) is 3.91. The van der Waals surface area contributed by atoms with Gasteiger partial charge in [-0.1, -0.05) is 48.5 Å². The number of rotatable bonds is 3. The zero-order chi connectivity index (χ0) is 14.8. The van der Waals surface area contributed by atoms with Gasteiger partial charge < -0.3 is 10.5 Å². The molecule has 0 fully saturated rings. The topological polar surface area (TPSA) is 35.2 Å². The van der Waals surface area contributed by atoms with Crippen LogP contribution >= 0.6 is 0 Å². The molecular weight excluding hydrogens is 258 g/mol. The Labute approximate surface area is 125 Å². The first-order valence-electron chi connectivity index (χ1n) is 7.08. The van der Waals surface area contributed by atoms with Gasteiger partial charge in [-0.25, -0.2) is 0 Å². The van der Waals surface area contributed by atoms with E-state index >= 15 is 0 Å². The summed E-state index contributed by atoms with van der Waals surface area (Å²) in [6.07, 6.45) is 0. The fourth-order valence-electron chi connectivity index (χ4n) is 2.69. The lowest BCUT2D eigenvalue weighted by Crippen LogP contribution is -2.12. The predicted octanol–water partition coefficient (Wildman–Crippen LogP) is 4.20. The normalized spacial score (nSPS) is 12.3. The molecule has 2 heteroatoms. The molecule has 2 N–H and O–H groups in total. The zero-order valence-electron chi connectivity index (χ0n) is 12.3. The summed E-state index contributed by atoms with van der Waals surface area (Å²) in [7, 11) is 1.69. The molecule has 0 radical (unpaired) electrons. The summed E-state index contributed by atoms with van der Waals surface area (Å²) in [6, 6.07) is 20.7. The van der Waals surface area contributed by atoms with E-state index in [1.54, 1.807) is 7.11 Å². The fraction of sp³-hybridized carbons (Fsp3) is 0.158. The lowest BCUT2D eigenvalue weighted by molar-refractivity contribution is 0.411. The van der Waals surface area contributed by atoms with Crippen LogP contribution in [0.4, 0.5) is 0 Å². The van der Waals surface area contributed by atoms with Gasteiger partial charge in [0.2, 0.25) is 0 Å². The predicted molar refractivity (Wildman–Crippen MR) is 87.7 cm³/mol. The summed E-state index contributed by atoms with van der Waals surface area (Å²) < 4.78 is 5.30. The molecule has 0 aromatic heterocycles. The molecule has 0 amide bonds. The molecular formula is C19H19NO. The van der Waals surface area contributed by atoms with Crippen molar-refractivity contribution in [3.05, 3.63) is 77.4 Å². The number of ether oxygens (including phenoxy) is 1. The van der Waals surface area contributed by atoms with Crippen molar-refractivity contribution < 1.29 is 4.74 Å². The summed E-state index contributed by atoms with van der Waals surface area (Å²) in [5.41, 5.74) is 9.75. The Bertz CT molecular complexity index is 779. The first kappa shape index (κ1) is 13.7. The molecule has 0 bridgehead atoms. The average molecular weight is 277 g/mol. The minimum Gasteiger partial charge on any atom is -0.496 e. The Hall–Kier alpha value is -2.32. The number of nitrogens with two attached hydrogens (primary N) is 1. The second kappa shape index (κ2) is 5.58. The Kier molecular flexibility index (Phi) is 3.63. The molecule has 1 atom stereocenters. The van der Waals surface area contributed by atoms with Crippen LogP contribution in [0.15, 0.2) is 60.7 Å². The van der Waals surface area contributed by atoms with Gasteiger partial charge in [0.1, 0.15) is 5.75 Å². The van der Waals surface area contributed by atoms with Crippen molar-refractivity contribution >= 4 is 10.8 Å². The minimum atomic E-state index is -0.126. The van der Waals surface area contributed by atoms with Gasteiger partial charge in [-0.15, -0.1) is 0 Å². The second-order valence-electron chi connectivity index (χ2n) is 5.31. The van der Waals surface area contributed by atoms with Crippen molar-refractivity contribution in [2.24, 2.45) is 5.73 Å². The highest BCUT2D eigenvalue weighted by Crippen LogP contribution is 2.27. The van der Waals surface area contributed by atoms with Crippen LogP contribution in [0.5, 0.6) is 5.75 Å². The van der Waals surface area contributed by atoms with E-state index in [4.69, 9.17) is 10.5 Å². The van der Waals surface area contributed by atoms with Crippen LogP contribution in [0, 0.1) is 6.92 Å². The molecule has 0 aliphatic heterocycles. The SMILES string of the molecule is COc1ccc(C(N)c2ccc3ccccc3c2)cc1C. The molecule has 3 aromatic carbocycles. The molecule has 0 saturated heterocycles. The van der Waals surface area contributed by atoms with E-state index < -0.39 is 0 Å². The van der Waals surface area contributed by atoms with E-state index in [0.717, 1.165) is 22.4 Å². The van der Waals surface area contributed by atoms with Gasteiger partial charge in [-0.05, 0) is 46.5 Å². The molecule has 0 heterocycles. The van der Waals surface area contributed by atoms with Crippen LogP contribution in [-0.4, -0.2) is 7.11 Å². The van der Waals surface area contributed by atoms with Gasteiger partial charge in [0.25, 0.3) is 0 Å². The van der Waals surface area contributed by atoms with Gasteiger partial charge in [0, 0.05) is 0 Å². The maximum Gasteiger partial charge on any atom is 0.121 e. The zero-order valence-corrected chi connectivity index (χ0v) is 12.3. The smallest absolute Gasteiger partial charge is 0.121 e. The lowest BCUT2D eigenvalue weighted by Gasteiger charge is -2.15. The van der Waals surface area contributed by atoms with Crippen molar-refractivity contribution in [1.29, 1.82) is 0 Å². The highest BCUT2D eigenvalue weighted by Gasteiger charge is 2.11. The largest absolute Gasteiger partial charge is 0.496 e. The molecule has 0 aliphatic rings. The number of aryl methyl sites for hydroxylation is 1.